The molecule has 0 aliphatic heterocycles. The molecule has 0 amide bonds. The summed E-state index contributed by atoms with van der Waals surface area (Å²) >= 11 is 6.66. The number of nitrogen functional groups attached to an aromatic ring is 1. The van der Waals surface area contributed by atoms with E-state index in [-0.39, 0.29) is 0 Å². The highest BCUT2D eigenvalue weighted by atomic mass is 79.9. The molecule has 0 heterocycles. The molecule has 0 unspecified atom stereocenters. The maximum atomic E-state index is 5.85. The fraction of sp³-hybridized carbons (Fsp3) is 0.333. The molecule has 6 heteroatoms. The Morgan fingerprint density at radius 2 is 1.13 bits per heavy atom. The van der Waals surface area contributed by atoms with Crippen LogP contribution in [0.3, 0.4) is 0 Å². The molecule has 0 saturated heterocycles. The second-order valence-electron chi connectivity index (χ2n) is 2.64. The van der Waals surface area contributed by atoms with Crippen molar-refractivity contribution in [3.63, 3.8) is 0 Å². The van der Waals surface area contributed by atoms with Gasteiger partial charge < -0.3 is 19.9 Å². The topological polar surface area (TPSA) is 53.7 Å². The highest BCUT2D eigenvalue weighted by Gasteiger charge is 2.22. The lowest BCUT2D eigenvalue weighted by atomic mass is 10.2. The van der Waals surface area contributed by atoms with Crippen LogP contribution < -0.4 is 19.9 Å². The number of methoxy groups -OCH3 is 3. The van der Waals surface area contributed by atoms with Crippen LogP contribution in [-0.4, -0.2) is 21.3 Å². The lowest BCUT2D eigenvalue weighted by molar-refractivity contribution is 0.322. The lowest BCUT2D eigenvalue weighted by Gasteiger charge is -2.16. The Bertz CT molecular complexity index is 351. The summed E-state index contributed by atoms with van der Waals surface area (Å²) in [5.74, 6) is 1.51. The van der Waals surface area contributed by atoms with Crippen LogP contribution in [0.15, 0.2) is 8.95 Å². The number of rotatable bonds is 3. The van der Waals surface area contributed by atoms with Crippen molar-refractivity contribution in [3.05, 3.63) is 8.95 Å². The van der Waals surface area contributed by atoms with Crippen molar-refractivity contribution in [3.8, 4) is 17.2 Å². The molecule has 0 aliphatic carbocycles. The van der Waals surface area contributed by atoms with E-state index >= 15 is 0 Å². The van der Waals surface area contributed by atoms with Gasteiger partial charge in [-0.3, -0.25) is 0 Å². The first-order chi connectivity index (χ1) is 7.08. The second-order valence-corrected chi connectivity index (χ2v) is 4.23. The van der Waals surface area contributed by atoms with Gasteiger partial charge in [0, 0.05) is 0 Å². The monoisotopic (exact) mass is 339 g/mol. The molecular formula is C9H11Br2NO3. The summed E-state index contributed by atoms with van der Waals surface area (Å²) in [6.45, 7) is 0. The van der Waals surface area contributed by atoms with Crippen LogP contribution in [0.4, 0.5) is 5.69 Å². The van der Waals surface area contributed by atoms with Crippen LogP contribution in [0.5, 0.6) is 17.2 Å². The van der Waals surface area contributed by atoms with Crippen LogP contribution in [0.25, 0.3) is 0 Å². The number of hydrogen-bond acceptors (Lipinski definition) is 4. The van der Waals surface area contributed by atoms with E-state index in [4.69, 9.17) is 19.9 Å². The standard InChI is InChI=1S/C9H11Br2NO3/c1-13-7-4(10)6(12)5(11)8(14-2)9(7)15-3/h12H2,1-3H3. The summed E-state index contributed by atoms with van der Waals surface area (Å²) in [7, 11) is 4.61. The van der Waals surface area contributed by atoms with Crippen molar-refractivity contribution >= 4 is 37.5 Å². The molecule has 0 spiro atoms. The van der Waals surface area contributed by atoms with Gasteiger partial charge in [-0.15, -0.1) is 0 Å². The van der Waals surface area contributed by atoms with Crippen LogP contribution in [0.2, 0.25) is 0 Å². The van der Waals surface area contributed by atoms with Gasteiger partial charge in [-0.1, -0.05) is 0 Å². The molecule has 4 nitrogen and oxygen atoms in total. The van der Waals surface area contributed by atoms with Crippen LogP contribution in [0, 0.1) is 0 Å². The molecule has 1 aromatic rings. The average molecular weight is 341 g/mol. The Morgan fingerprint density at radius 1 is 0.800 bits per heavy atom. The maximum Gasteiger partial charge on any atom is 0.205 e. The summed E-state index contributed by atoms with van der Waals surface area (Å²) in [4.78, 5) is 0. The van der Waals surface area contributed by atoms with E-state index in [0.717, 1.165) is 0 Å². The molecule has 0 saturated carbocycles. The Labute approximate surface area is 105 Å². The normalized spacial score (nSPS) is 9.93. The van der Waals surface area contributed by atoms with Crippen molar-refractivity contribution in [2.45, 2.75) is 0 Å². The fourth-order valence-corrected chi connectivity index (χ4v) is 2.54. The van der Waals surface area contributed by atoms with Crippen LogP contribution in [-0.2, 0) is 0 Å². The number of nitrogens with two attached hydrogens (primary N) is 1. The van der Waals surface area contributed by atoms with Gasteiger partial charge in [0.1, 0.15) is 0 Å². The first kappa shape index (κ1) is 12.4. The number of halogens is 2. The number of benzene rings is 1. The lowest BCUT2D eigenvalue weighted by Crippen LogP contribution is -2.00. The van der Waals surface area contributed by atoms with E-state index in [1.54, 1.807) is 0 Å². The Morgan fingerprint density at radius 3 is 1.40 bits per heavy atom. The van der Waals surface area contributed by atoms with Crippen LogP contribution >= 0.6 is 31.9 Å². The average Bonchev–Trinajstić information content (AvgIpc) is 2.25. The predicted octanol–water partition coefficient (Wildman–Crippen LogP) is 2.82. The molecule has 84 valence electrons. The molecule has 2 N–H and O–H groups in total. The van der Waals surface area contributed by atoms with Crippen molar-refractivity contribution in [2.75, 3.05) is 27.1 Å². The van der Waals surface area contributed by atoms with E-state index in [9.17, 15) is 0 Å². The summed E-state index contributed by atoms with van der Waals surface area (Å²) in [6.07, 6.45) is 0. The molecule has 0 aliphatic rings. The zero-order chi connectivity index (χ0) is 11.6. The van der Waals surface area contributed by atoms with Gasteiger partial charge in [0.05, 0.1) is 36.0 Å². The minimum absolute atomic E-state index is 0.493. The van der Waals surface area contributed by atoms with Crippen molar-refractivity contribution in [1.82, 2.24) is 0 Å². The number of anilines is 1. The largest absolute Gasteiger partial charge is 0.492 e. The van der Waals surface area contributed by atoms with E-state index in [2.05, 4.69) is 31.9 Å². The third-order valence-electron chi connectivity index (χ3n) is 1.90. The SMILES string of the molecule is COc1c(Br)c(N)c(Br)c(OC)c1OC. The zero-order valence-electron chi connectivity index (χ0n) is 8.56. The molecule has 15 heavy (non-hydrogen) atoms. The summed E-state index contributed by atoms with van der Waals surface area (Å²) < 4.78 is 16.9. The first-order valence-electron chi connectivity index (χ1n) is 4.00. The Kier molecular flexibility index (Phi) is 4.10. The third kappa shape index (κ3) is 2.01. The van der Waals surface area contributed by atoms with Gasteiger partial charge in [0.25, 0.3) is 0 Å². The summed E-state index contributed by atoms with van der Waals surface area (Å²) in [5, 5.41) is 0. The highest BCUT2D eigenvalue weighted by Crippen LogP contribution is 2.51. The fourth-order valence-electron chi connectivity index (χ4n) is 1.19. The van der Waals surface area contributed by atoms with Gasteiger partial charge in [-0.05, 0) is 31.9 Å². The van der Waals surface area contributed by atoms with Crippen molar-refractivity contribution in [2.24, 2.45) is 0 Å². The minimum atomic E-state index is 0.493. The van der Waals surface area contributed by atoms with E-state index in [0.29, 0.717) is 31.9 Å². The molecule has 0 radical (unpaired) electrons. The van der Waals surface area contributed by atoms with Gasteiger partial charge in [-0.25, -0.2) is 0 Å². The smallest absolute Gasteiger partial charge is 0.205 e. The Balaban J connectivity index is 3.59. The molecule has 0 atom stereocenters. The maximum absolute atomic E-state index is 5.85. The summed E-state index contributed by atoms with van der Waals surface area (Å²) in [6, 6.07) is 0. The predicted molar refractivity (Wildman–Crippen MR) is 65.9 cm³/mol. The number of ether oxygens (including phenoxy) is 3. The van der Waals surface area contributed by atoms with Crippen LogP contribution in [0.1, 0.15) is 0 Å². The molecule has 0 fully saturated rings. The van der Waals surface area contributed by atoms with Crippen molar-refractivity contribution < 1.29 is 14.2 Å². The van der Waals surface area contributed by atoms with E-state index < -0.39 is 0 Å². The first-order valence-corrected chi connectivity index (χ1v) is 5.59. The van der Waals surface area contributed by atoms with Gasteiger partial charge in [0.2, 0.25) is 5.75 Å². The van der Waals surface area contributed by atoms with Gasteiger partial charge in [-0.2, -0.15) is 0 Å². The molecule has 1 aromatic carbocycles. The molecule has 1 rings (SSSR count). The molecule has 0 aromatic heterocycles. The van der Waals surface area contributed by atoms with Crippen molar-refractivity contribution in [1.29, 1.82) is 0 Å². The third-order valence-corrected chi connectivity index (χ3v) is 3.47. The highest BCUT2D eigenvalue weighted by molar-refractivity contribution is 9.11. The quantitative estimate of drug-likeness (QED) is 0.860. The van der Waals surface area contributed by atoms with Gasteiger partial charge in [0.15, 0.2) is 11.5 Å². The zero-order valence-corrected chi connectivity index (χ0v) is 11.7. The van der Waals surface area contributed by atoms with E-state index in [1.807, 2.05) is 0 Å². The molecular weight excluding hydrogens is 330 g/mol. The molecule has 0 bridgehead atoms. The number of hydrogen-bond donors (Lipinski definition) is 1. The van der Waals surface area contributed by atoms with Gasteiger partial charge >= 0.3 is 0 Å². The van der Waals surface area contributed by atoms with E-state index in [1.165, 1.54) is 21.3 Å². The minimum Gasteiger partial charge on any atom is -0.492 e. The second kappa shape index (κ2) is 4.94. The Hall–Kier alpha value is -0.620. The summed E-state index contributed by atoms with van der Waals surface area (Å²) in [5.41, 5.74) is 6.35.